The van der Waals surface area contributed by atoms with Gasteiger partial charge in [0, 0.05) is 27.4 Å². The molecule has 0 aliphatic rings. The molecule has 0 amide bonds. The number of alkyl halides is 3. The number of nitrogens with zero attached hydrogens (tertiary/aromatic N) is 1. The molecular weight excluding hydrogens is 984 g/mol. The molecule has 12 aromatic carbocycles. The quantitative estimate of drug-likeness (QED) is 0.115. The van der Waals surface area contributed by atoms with Gasteiger partial charge in [-0.05, 0) is 86.8 Å². The standard InChI is InChI=1S/C28H21N.C19H16.C11H7F3O3S.C10H8O/c1-3-12-22(13-4-1)25-19-9-10-20-27(25)29(24-16-5-2-6-17-24)28-21-11-15-23-14-7-8-18-26(23)28;1-3-9-16(10-4-1)15-18-13-7-8-14-19(18)17-11-5-2-6-12-17;12-11(13,14)18(15,16)17-10-7-3-5-8-4-1-2-6-9(8)10;11-10-7-3-5-8-4-1-2-6-9(8)10/h1-21H;1-14H,15H2;1-7H;1-7,11H. The van der Waals surface area contributed by atoms with Crippen molar-refractivity contribution in [2.45, 2.75) is 11.9 Å². The molecule has 0 saturated carbocycles. The minimum Gasteiger partial charge on any atom is -0.507 e. The van der Waals surface area contributed by atoms with Crippen LogP contribution in [0, 0.1) is 0 Å². The van der Waals surface area contributed by atoms with E-state index in [1.54, 1.807) is 30.3 Å². The van der Waals surface area contributed by atoms with Crippen molar-refractivity contribution in [1.82, 2.24) is 0 Å². The zero-order chi connectivity index (χ0) is 53.5. The summed E-state index contributed by atoms with van der Waals surface area (Å²) < 4.78 is 62.6. The summed E-state index contributed by atoms with van der Waals surface area (Å²) in [5.74, 6) is 0.00789. The van der Waals surface area contributed by atoms with Crippen molar-refractivity contribution >= 4 is 59.5 Å². The molecule has 0 fully saturated rings. The second-order valence-electron chi connectivity index (χ2n) is 17.7. The van der Waals surface area contributed by atoms with E-state index in [2.05, 4.69) is 221 Å². The Morgan fingerprint density at radius 2 is 0.805 bits per heavy atom. The van der Waals surface area contributed by atoms with Crippen molar-refractivity contribution in [3.8, 4) is 33.8 Å². The summed E-state index contributed by atoms with van der Waals surface area (Å²) >= 11 is 0. The van der Waals surface area contributed by atoms with Crippen LogP contribution in [0.25, 0.3) is 54.6 Å². The minimum absolute atomic E-state index is 0.299. The first kappa shape index (κ1) is 52.4. The highest BCUT2D eigenvalue weighted by Crippen LogP contribution is 2.43. The number of para-hydroxylation sites is 2. The Bertz CT molecular complexity index is 3940. The highest BCUT2D eigenvalue weighted by atomic mass is 32.2. The van der Waals surface area contributed by atoms with E-state index < -0.39 is 15.6 Å². The highest BCUT2D eigenvalue weighted by Gasteiger charge is 2.48. The van der Waals surface area contributed by atoms with Crippen molar-refractivity contribution in [3.63, 3.8) is 0 Å². The summed E-state index contributed by atoms with van der Waals surface area (Å²) in [4.78, 5) is 2.37. The van der Waals surface area contributed by atoms with Gasteiger partial charge in [0.25, 0.3) is 0 Å². The smallest absolute Gasteiger partial charge is 0.507 e. The number of fused-ring (bicyclic) bond motifs is 3. The van der Waals surface area contributed by atoms with Crippen LogP contribution in [0.2, 0.25) is 0 Å². The lowest BCUT2D eigenvalue weighted by Crippen LogP contribution is -2.28. The van der Waals surface area contributed by atoms with Gasteiger partial charge in [-0.15, -0.1) is 0 Å². The predicted molar refractivity (Wildman–Crippen MR) is 310 cm³/mol. The lowest BCUT2D eigenvalue weighted by Gasteiger charge is -2.29. The van der Waals surface area contributed by atoms with E-state index in [1.807, 2.05) is 36.4 Å². The summed E-state index contributed by atoms with van der Waals surface area (Å²) in [6.45, 7) is 0. The van der Waals surface area contributed by atoms with Crippen LogP contribution in [-0.2, 0) is 16.5 Å². The molecule has 5 nitrogen and oxygen atoms in total. The van der Waals surface area contributed by atoms with E-state index in [4.69, 9.17) is 0 Å². The molecule has 0 aliphatic heterocycles. The lowest BCUT2D eigenvalue weighted by molar-refractivity contribution is -0.0499. The molecule has 1 N–H and O–H groups in total. The first-order valence-electron chi connectivity index (χ1n) is 24.8. The molecular formula is C68H52F3NO4S. The average Bonchev–Trinajstić information content (AvgIpc) is 3.47. The van der Waals surface area contributed by atoms with Crippen LogP contribution in [0.4, 0.5) is 30.2 Å². The molecule has 0 heterocycles. The number of hydrogen-bond donors (Lipinski definition) is 1. The third-order valence-corrected chi connectivity index (χ3v) is 13.6. The first-order chi connectivity index (χ1) is 37.5. The van der Waals surface area contributed by atoms with Crippen molar-refractivity contribution in [2.24, 2.45) is 0 Å². The van der Waals surface area contributed by atoms with E-state index in [0.717, 1.165) is 22.9 Å². The molecule has 0 spiro atoms. The number of anilines is 3. The molecule has 0 saturated heterocycles. The molecule has 9 heteroatoms. The van der Waals surface area contributed by atoms with E-state index in [0.29, 0.717) is 16.5 Å². The number of phenols is 1. The Balaban J connectivity index is 0.000000132. The molecule has 0 radical (unpaired) electrons. The number of halogens is 3. The Morgan fingerprint density at radius 1 is 0.390 bits per heavy atom. The lowest BCUT2D eigenvalue weighted by atomic mass is 9.95. The van der Waals surface area contributed by atoms with E-state index in [-0.39, 0.29) is 5.75 Å². The number of rotatable bonds is 9. The van der Waals surface area contributed by atoms with Crippen LogP contribution in [-0.4, -0.2) is 19.0 Å². The summed E-state index contributed by atoms with van der Waals surface area (Å²) in [7, 11) is -5.64. The molecule has 0 aliphatic carbocycles. The molecule has 12 aromatic rings. The van der Waals surface area contributed by atoms with Gasteiger partial charge in [-0.2, -0.15) is 21.6 Å². The summed E-state index contributed by atoms with van der Waals surface area (Å²) in [5.41, 5.74) is 5.82. The van der Waals surface area contributed by atoms with Gasteiger partial charge in [-0.25, -0.2) is 0 Å². The number of hydrogen-bond acceptors (Lipinski definition) is 5. The normalized spacial score (nSPS) is 11.0. The minimum atomic E-state index is -5.64. The second-order valence-corrected chi connectivity index (χ2v) is 19.2. The third kappa shape index (κ3) is 13.1. The summed E-state index contributed by atoms with van der Waals surface area (Å²) in [6.07, 6.45) is 0.978. The van der Waals surface area contributed by atoms with Crippen LogP contribution >= 0.6 is 0 Å². The Labute approximate surface area is 447 Å². The number of phenolic OH excluding ortho intramolecular Hbond substituents is 1. The largest absolute Gasteiger partial charge is 0.534 e. The number of aromatic hydroxyl groups is 1. The molecule has 0 unspecified atom stereocenters. The monoisotopic (exact) mass is 1040 g/mol. The maximum absolute atomic E-state index is 12.2. The van der Waals surface area contributed by atoms with E-state index in [9.17, 15) is 26.7 Å². The van der Waals surface area contributed by atoms with Gasteiger partial charge in [0.05, 0.1) is 11.4 Å². The Kier molecular flexibility index (Phi) is 16.8. The van der Waals surface area contributed by atoms with Crippen molar-refractivity contribution < 1.29 is 30.9 Å². The molecule has 0 bridgehead atoms. The van der Waals surface area contributed by atoms with Gasteiger partial charge in [-0.3, -0.25) is 0 Å². The summed E-state index contributed by atoms with van der Waals surface area (Å²) in [5, 5.41) is 14.7. The molecule has 0 atom stereocenters. The van der Waals surface area contributed by atoms with Crippen molar-refractivity contribution in [1.29, 1.82) is 0 Å². The van der Waals surface area contributed by atoms with Crippen LogP contribution in [0.15, 0.2) is 297 Å². The number of benzene rings is 12. The topological polar surface area (TPSA) is 66.8 Å². The van der Waals surface area contributed by atoms with Crippen molar-refractivity contribution in [2.75, 3.05) is 4.90 Å². The molecule has 12 rings (SSSR count). The predicted octanol–water partition coefficient (Wildman–Crippen LogP) is 18.5. The average molecular weight is 1040 g/mol. The van der Waals surface area contributed by atoms with Crippen molar-refractivity contribution in [3.05, 3.63) is 308 Å². The van der Waals surface area contributed by atoms with Gasteiger partial charge in [0.15, 0.2) is 5.75 Å². The van der Waals surface area contributed by atoms with E-state index in [1.165, 1.54) is 73.7 Å². The zero-order valence-corrected chi connectivity index (χ0v) is 42.5. The van der Waals surface area contributed by atoms with Gasteiger partial charge in [-0.1, -0.05) is 261 Å². The molecule has 77 heavy (non-hydrogen) atoms. The SMILES string of the molecule is O=S(=O)(Oc1cccc2ccccc12)C(F)(F)F.Oc1cccc2ccccc12.c1ccc(-c2ccccc2N(c2ccccc2)c2cccc3ccccc23)cc1.c1ccc(Cc2ccccc2-c2ccccc2)cc1. The van der Waals surface area contributed by atoms with Crippen LogP contribution < -0.4 is 9.08 Å². The summed E-state index contributed by atoms with van der Waals surface area (Å²) in [6, 6.07) is 98.7. The maximum atomic E-state index is 12.2. The fourth-order valence-electron chi connectivity index (χ4n) is 8.95. The van der Waals surface area contributed by atoms with Gasteiger partial charge >= 0.3 is 15.6 Å². The zero-order valence-electron chi connectivity index (χ0n) is 41.7. The fourth-order valence-corrected chi connectivity index (χ4v) is 9.43. The molecule has 380 valence electrons. The van der Waals surface area contributed by atoms with Crippen LogP contribution in [0.3, 0.4) is 0 Å². The second kappa shape index (κ2) is 24.7. The Morgan fingerprint density at radius 3 is 1.42 bits per heavy atom. The first-order valence-corrected chi connectivity index (χ1v) is 26.2. The third-order valence-electron chi connectivity index (χ3n) is 12.6. The maximum Gasteiger partial charge on any atom is 0.534 e. The van der Waals surface area contributed by atoms with Gasteiger partial charge < -0.3 is 14.2 Å². The van der Waals surface area contributed by atoms with Gasteiger partial charge in [0.2, 0.25) is 0 Å². The van der Waals surface area contributed by atoms with Crippen LogP contribution in [0.5, 0.6) is 11.5 Å². The Hall–Kier alpha value is -9.44. The van der Waals surface area contributed by atoms with E-state index >= 15 is 0 Å². The highest BCUT2D eigenvalue weighted by molar-refractivity contribution is 7.88. The molecule has 0 aromatic heterocycles. The van der Waals surface area contributed by atoms with Crippen LogP contribution in [0.1, 0.15) is 11.1 Å². The van der Waals surface area contributed by atoms with Gasteiger partial charge in [0.1, 0.15) is 5.75 Å². The fraction of sp³-hybridized carbons (Fsp3) is 0.0294.